The number of nitrogens with zero attached hydrogens (tertiary/aromatic N) is 2. The molecule has 1 aromatic heterocycles. The van der Waals surface area contributed by atoms with Crippen LogP contribution in [0.5, 0.6) is 0 Å². The number of benzene rings is 1. The first-order chi connectivity index (χ1) is 12.8. The largest absolute Gasteiger partial charge is 0.355 e. The normalized spacial score (nSPS) is 18.4. The summed E-state index contributed by atoms with van der Waals surface area (Å²) in [6, 6.07) is 7.02. The molecule has 0 spiro atoms. The van der Waals surface area contributed by atoms with Crippen LogP contribution < -0.4 is 10.6 Å². The number of Topliss-reactive ketones (excluding diaryl/α,β-unsaturated/α-hetero) is 1. The Bertz CT molecular complexity index is 1030. The summed E-state index contributed by atoms with van der Waals surface area (Å²) < 4.78 is 25.9. The minimum Gasteiger partial charge on any atom is -0.355 e. The first-order valence-corrected chi connectivity index (χ1v) is 9.31. The standard InChI is InChI=1S/C17H16N4O5S/c1-18-16(23)10-7-8-13(19-9-10)20-17(24)14-15(22)11-5-3-4-6-12(11)27(25,26)21(14)2/h3-9,14H,1-2H3,(H,18,23)(H,19,20,24). The Hall–Kier alpha value is -3.11. The number of likely N-dealkylation sites (N-methyl/N-ethyl adjacent to an activating group) is 1. The summed E-state index contributed by atoms with van der Waals surface area (Å²) >= 11 is 0. The van der Waals surface area contributed by atoms with Crippen molar-refractivity contribution in [3.8, 4) is 0 Å². The zero-order valence-corrected chi connectivity index (χ0v) is 15.3. The molecular weight excluding hydrogens is 372 g/mol. The number of nitrogens with one attached hydrogen (secondary N) is 2. The molecule has 0 saturated carbocycles. The number of pyridine rings is 1. The van der Waals surface area contributed by atoms with Crippen molar-refractivity contribution in [3.05, 3.63) is 53.7 Å². The number of sulfonamides is 1. The van der Waals surface area contributed by atoms with Gasteiger partial charge in [0.1, 0.15) is 5.82 Å². The van der Waals surface area contributed by atoms with Crippen molar-refractivity contribution in [1.82, 2.24) is 14.6 Å². The van der Waals surface area contributed by atoms with E-state index >= 15 is 0 Å². The second-order valence-corrected chi connectivity index (χ2v) is 7.75. The molecule has 0 radical (unpaired) electrons. The number of rotatable bonds is 3. The Labute approximate surface area is 155 Å². The molecule has 1 aliphatic heterocycles. The van der Waals surface area contributed by atoms with Gasteiger partial charge in [0.15, 0.2) is 11.8 Å². The number of fused-ring (bicyclic) bond motifs is 1. The van der Waals surface area contributed by atoms with Gasteiger partial charge in [0.05, 0.1) is 10.5 Å². The van der Waals surface area contributed by atoms with E-state index in [2.05, 4.69) is 15.6 Å². The Morgan fingerprint density at radius 2 is 1.85 bits per heavy atom. The molecule has 2 N–H and O–H groups in total. The molecule has 0 fully saturated rings. The van der Waals surface area contributed by atoms with Crippen molar-refractivity contribution < 1.29 is 22.8 Å². The molecule has 9 nitrogen and oxygen atoms in total. The van der Waals surface area contributed by atoms with E-state index in [1.807, 2.05) is 0 Å². The highest BCUT2D eigenvalue weighted by Crippen LogP contribution is 2.29. The maximum Gasteiger partial charge on any atom is 0.252 e. The summed E-state index contributed by atoms with van der Waals surface area (Å²) in [5.74, 6) is -1.71. The van der Waals surface area contributed by atoms with E-state index in [4.69, 9.17) is 0 Å². The molecule has 0 aliphatic carbocycles. The second-order valence-electron chi connectivity index (χ2n) is 5.78. The number of aromatic nitrogens is 1. The van der Waals surface area contributed by atoms with E-state index in [1.54, 1.807) is 0 Å². The third-order valence-corrected chi connectivity index (χ3v) is 6.05. The summed E-state index contributed by atoms with van der Waals surface area (Å²) in [6.45, 7) is 0. The summed E-state index contributed by atoms with van der Waals surface area (Å²) in [6.07, 6.45) is 1.26. The number of amides is 2. The van der Waals surface area contributed by atoms with Crippen molar-refractivity contribution in [2.75, 3.05) is 19.4 Å². The van der Waals surface area contributed by atoms with Crippen LogP contribution in [-0.2, 0) is 14.8 Å². The summed E-state index contributed by atoms with van der Waals surface area (Å²) in [4.78, 5) is 40.6. The van der Waals surface area contributed by atoms with Crippen LogP contribution in [0.2, 0.25) is 0 Å². The molecule has 27 heavy (non-hydrogen) atoms. The SMILES string of the molecule is CNC(=O)c1ccc(NC(=O)C2C(=O)c3ccccc3S(=O)(=O)N2C)nc1. The Balaban J connectivity index is 1.89. The van der Waals surface area contributed by atoms with Gasteiger partial charge in [0.2, 0.25) is 10.0 Å². The third kappa shape index (κ3) is 3.20. The lowest BCUT2D eigenvalue weighted by Crippen LogP contribution is -2.53. The highest BCUT2D eigenvalue weighted by Gasteiger charge is 2.45. The molecule has 1 unspecified atom stereocenters. The average Bonchev–Trinajstić information content (AvgIpc) is 2.67. The van der Waals surface area contributed by atoms with Crippen LogP contribution in [0, 0.1) is 0 Å². The number of hydrogen-bond acceptors (Lipinski definition) is 6. The van der Waals surface area contributed by atoms with E-state index in [-0.39, 0.29) is 27.7 Å². The molecule has 10 heteroatoms. The van der Waals surface area contributed by atoms with Crippen LogP contribution in [0.15, 0.2) is 47.5 Å². The number of carbonyl (C=O) groups excluding carboxylic acids is 3. The van der Waals surface area contributed by atoms with Crippen LogP contribution in [0.4, 0.5) is 5.82 Å². The molecule has 3 rings (SSSR count). The third-order valence-electron chi connectivity index (χ3n) is 4.17. The zero-order valence-electron chi connectivity index (χ0n) is 14.5. The van der Waals surface area contributed by atoms with Gasteiger partial charge in [-0.05, 0) is 24.3 Å². The monoisotopic (exact) mass is 388 g/mol. The summed E-state index contributed by atoms with van der Waals surface area (Å²) in [5.41, 5.74) is 0.261. The molecule has 1 atom stereocenters. The van der Waals surface area contributed by atoms with E-state index < -0.39 is 27.8 Å². The van der Waals surface area contributed by atoms with Crippen molar-refractivity contribution in [3.63, 3.8) is 0 Å². The van der Waals surface area contributed by atoms with Crippen LogP contribution in [0.1, 0.15) is 20.7 Å². The van der Waals surface area contributed by atoms with Gasteiger partial charge >= 0.3 is 0 Å². The molecule has 0 bridgehead atoms. The fourth-order valence-corrected chi connectivity index (χ4v) is 4.20. The van der Waals surface area contributed by atoms with Crippen LogP contribution >= 0.6 is 0 Å². The number of hydrogen-bond donors (Lipinski definition) is 2. The lowest BCUT2D eigenvalue weighted by atomic mass is 10.0. The van der Waals surface area contributed by atoms with Gasteiger partial charge in [-0.15, -0.1) is 0 Å². The fraction of sp³-hybridized carbons (Fsp3) is 0.176. The smallest absolute Gasteiger partial charge is 0.252 e. The molecule has 1 aliphatic rings. The number of anilines is 1. The van der Waals surface area contributed by atoms with Gasteiger partial charge in [0.25, 0.3) is 11.8 Å². The highest BCUT2D eigenvalue weighted by molar-refractivity contribution is 7.89. The van der Waals surface area contributed by atoms with Crippen LogP contribution in [0.3, 0.4) is 0 Å². The minimum atomic E-state index is -3.98. The maximum absolute atomic E-state index is 12.7. The Kier molecular flexibility index (Phi) is 4.77. The average molecular weight is 388 g/mol. The quantitative estimate of drug-likeness (QED) is 0.727. The number of carbonyl (C=O) groups is 3. The van der Waals surface area contributed by atoms with Crippen molar-refractivity contribution in [1.29, 1.82) is 0 Å². The number of ketones is 1. The lowest BCUT2D eigenvalue weighted by molar-refractivity contribution is -0.118. The maximum atomic E-state index is 12.7. The van der Waals surface area contributed by atoms with Gasteiger partial charge in [0, 0.05) is 25.9 Å². The van der Waals surface area contributed by atoms with Crippen LogP contribution in [0.25, 0.3) is 0 Å². The van der Waals surface area contributed by atoms with E-state index in [1.165, 1.54) is 56.7 Å². The molecule has 0 saturated heterocycles. The van der Waals surface area contributed by atoms with E-state index in [0.717, 1.165) is 4.31 Å². The zero-order chi connectivity index (χ0) is 19.8. The molecule has 2 aromatic rings. The minimum absolute atomic E-state index is 0.0290. The first-order valence-electron chi connectivity index (χ1n) is 7.87. The van der Waals surface area contributed by atoms with Crippen molar-refractivity contribution >= 4 is 33.4 Å². The molecule has 2 amide bonds. The van der Waals surface area contributed by atoms with Gasteiger partial charge < -0.3 is 10.6 Å². The van der Waals surface area contributed by atoms with E-state index in [0.29, 0.717) is 0 Å². The summed E-state index contributed by atoms with van der Waals surface area (Å²) in [7, 11) is -1.33. The lowest BCUT2D eigenvalue weighted by Gasteiger charge is -2.30. The predicted octanol–water partition coefficient (Wildman–Crippen LogP) is 0.265. The van der Waals surface area contributed by atoms with Gasteiger partial charge in [-0.3, -0.25) is 14.4 Å². The fourth-order valence-electron chi connectivity index (χ4n) is 2.73. The molecule has 140 valence electrons. The predicted molar refractivity (Wildman–Crippen MR) is 95.8 cm³/mol. The van der Waals surface area contributed by atoms with Crippen molar-refractivity contribution in [2.45, 2.75) is 10.9 Å². The molecule has 2 heterocycles. The molecule has 1 aromatic carbocycles. The van der Waals surface area contributed by atoms with Crippen molar-refractivity contribution in [2.24, 2.45) is 0 Å². The van der Waals surface area contributed by atoms with Gasteiger partial charge in [-0.2, -0.15) is 4.31 Å². The van der Waals surface area contributed by atoms with Crippen LogP contribution in [-0.4, -0.2) is 55.4 Å². The van der Waals surface area contributed by atoms with Gasteiger partial charge in [-0.1, -0.05) is 12.1 Å². The first kappa shape index (κ1) is 18.7. The summed E-state index contributed by atoms with van der Waals surface area (Å²) in [5, 5.41) is 4.86. The second kappa shape index (κ2) is 6.89. The topological polar surface area (TPSA) is 126 Å². The Morgan fingerprint density at radius 3 is 2.48 bits per heavy atom. The molecular formula is C17H16N4O5S. The van der Waals surface area contributed by atoms with Gasteiger partial charge in [-0.25, -0.2) is 13.4 Å². The highest BCUT2D eigenvalue weighted by atomic mass is 32.2. The van der Waals surface area contributed by atoms with E-state index in [9.17, 15) is 22.8 Å². The Morgan fingerprint density at radius 1 is 1.15 bits per heavy atom.